The highest BCUT2D eigenvalue weighted by Crippen LogP contribution is 2.40. The number of hydrogen-bond acceptors (Lipinski definition) is 5. The van der Waals surface area contributed by atoms with Gasteiger partial charge in [-0.2, -0.15) is 0 Å². The fourth-order valence-corrected chi connectivity index (χ4v) is 8.85. The largest absolute Gasteiger partial charge is 0.310 e. The lowest BCUT2D eigenvalue weighted by Crippen LogP contribution is -2.09. The average molecular weight is 778 g/mol. The molecule has 5 nitrogen and oxygen atoms in total. The van der Waals surface area contributed by atoms with Crippen molar-refractivity contribution in [1.29, 1.82) is 0 Å². The van der Waals surface area contributed by atoms with Crippen LogP contribution >= 0.6 is 0 Å². The summed E-state index contributed by atoms with van der Waals surface area (Å²) >= 11 is 0. The normalized spacial score (nSPS) is 11.6. The van der Waals surface area contributed by atoms with Gasteiger partial charge in [-0.05, 0) is 111 Å². The van der Waals surface area contributed by atoms with Crippen LogP contribution in [0.15, 0.2) is 213 Å². The van der Waals surface area contributed by atoms with Crippen molar-refractivity contribution in [2.75, 3.05) is 4.90 Å². The molecule has 0 atom stereocenters. The number of fused-ring (bicyclic) bond motifs is 9. The molecule has 0 unspecified atom stereocenters. The van der Waals surface area contributed by atoms with E-state index < -0.39 is 0 Å². The second-order valence-electron chi connectivity index (χ2n) is 15.6. The molecule has 5 heteroatoms. The lowest BCUT2D eigenvalue weighted by Gasteiger charge is -2.26. The zero-order valence-electron chi connectivity index (χ0n) is 32.9. The van der Waals surface area contributed by atoms with Crippen LogP contribution < -0.4 is 4.90 Å². The first-order valence-electron chi connectivity index (χ1n) is 20.5. The molecule has 0 fully saturated rings. The van der Waals surface area contributed by atoms with Crippen LogP contribution in [-0.2, 0) is 0 Å². The van der Waals surface area contributed by atoms with Gasteiger partial charge in [0.2, 0.25) is 0 Å². The van der Waals surface area contributed by atoms with E-state index >= 15 is 0 Å². The molecule has 0 N–H and O–H groups in total. The molecule has 4 aromatic heterocycles. The lowest BCUT2D eigenvalue weighted by atomic mass is 9.97. The van der Waals surface area contributed by atoms with Crippen molar-refractivity contribution in [3.63, 3.8) is 0 Å². The second kappa shape index (κ2) is 14.2. The van der Waals surface area contributed by atoms with Crippen molar-refractivity contribution in [2.24, 2.45) is 0 Å². The highest BCUT2D eigenvalue weighted by Gasteiger charge is 2.16. The summed E-state index contributed by atoms with van der Waals surface area (Å²) in [4.78, 5) is 21.4. The molecule has 0 saturated heterocycles. The maximum atomic E-state index is 4.89. The van der Waals surface area contributed by atoms with Gasteiger partial charge >= 0.3 is 0 Å². The number of hydrogen-bond donors (Lipinski definition) is 0. The number of nitrogens with zero attached hydrogens (tertiary/aromatic N) is 5. The van der Waals surface area contributed by atoms with Gasteiger partial charge in [0, 0.05) is 74.5 Å². The summed E-state index contributed by atoms with van der Waals surface area (Å²) in [5, 5.41) is 9.20. The van der Waals surface area contributed by atoms with E-state index in [1.165, 1.54) is 32.7 Å². The van der Waals surface area contributed by atoms with Crippen molar-refractivity contribution in [2.45, 2.75) is 0 Å². The van der Waals surface area contributed by atoms with Gasteiger partial charge in [0.15, 0.2) is 0 Å². The van der Waals surface area contributed by atoms with Crippen LogP contribution in [0.2, 0.25) is 0 Å². The molecule has 4 heterocycles. The summed E-state index contributed by atoms with van der Waals surface area (Å²) < 4.78 is 0. The Balaban J connectivity index is 0.934. The number of benzene rings is 8. The zero-order chi connectivity index (χ0) is 40.3. The van der Waals surface area contributed by atoms with Crippen molar-refractivity contribution in [3.8, 4) is 33.4 Å². The van der Waals surface area contributed by atoms with E-state index in [4.69, 9.17) is 9.97 Å². The van der Waals surface area contributed by atoms with Crippen LogP contribution in [0.4, 0.5) is 17.1 Å². The number of anilines is 3. The van der Waals surface area contributed by atoms with Crippen molar-refractivity contribution < 1.29 is 0 Å². The van der Waals surface area contributed by atoms with Crippen LogP contribution in [0.3, 0.4) is 0 Å². The Bertz CT molecular complexity index is 3480. The molecule has 0 radical (unpaired) electrons. The number of rotatable bonds is 6. The summed E-state index contributed by atoms with van der Waals surface area (Å²) in [6, 6.07) is 67.2. The maximum absolute atomic E-state index is 4.89. The van der Waals surface area contributed by atoms with Crippen molar-refractivity contribution in [1.82, 2.24) is 19.9 Å². The summed E-state index contributed by atoms with van der Waals surface area (Å²) in [7, 11) is 0. The van der Waals surface area contributed by atoms with Gasteiger partial charge in [-0.15, -0.1) is 0 Å². The standard InChI is InChI=1S/C56H35N5/c1-2-6-36(7-3-1)41-20-26-51-42(30-41)12-13-43-33-50(25-27-52(43)51)61(48-21-16-37(17-22-48)46-31-44-14-10-39-8-4-28-57-53(39)55(44)59-34-46)49-23-18-38(19-24-49)47-32-45-15-11-40-9-5-29-58-54(40)56(45)60-35-47/h1-35H. The van der Waals surface area contributed by atoms with E-state index in [2.05, 4.69) is 191 Å². The Labute approximate surface area is 351 Å². The maximum Gasteiger partial charge on any atom is 0.0964 e. The summed E-state index contributed by atoms with van der Waals surface area (Å²) in [6.07, 6.45) is 7.57. The lowest BCUT2D eigenvalue weighted by molar-refractivity contribution is 1.29. The Hall–Kier alpha value is -8.28. The quantitative estimate of drug-likeness (QED) is 0.157. The fourth-order valence-electron chi connectivity index (χ4n) is 8.85. The summed E-state index contributed by atoms with van der Waals surface area (Å²) in [6.45, 7) is 0. The molecule has 61 heavy (non-hydrogen) atoms. The van der Waals surface area contributed by atoms with E-state index in [1.807, 2.05) is 36.9 Å². The Morgan fingerprint density at radius 3 is 1.26 bits per heavy atom. The minimum absolute atomic E-state index is 0.916. The van der Waals surface area contributed by atoms with E-state index in [1.54, 1.807) is 0 Å². The first-order chi connectivity index (χ1) is 30.2. The van der Waals surface area contributed by atoms with Crippen LogP contribution in [-0.4, -0.2) is 19.9 Å². The number of aromatic nitrogens is 4. The Kier molecular flexibility index (Phi) is 8.10. The first kappa shape index (κ1) is 34.7. The smallest absolute Gasteiger partial charge is 0.0964 e. The molecule has 0 aliphatic carbocycles. The van der Waals surface area contributed by atoms with Crippen molar-refractivity contribution >= 4 is 82.2 Å². The molecule has 284 valence electrons. The molecule has 0 aliphatic rings. The van der Waals surface area contributed by atoms with Crippen LogP contribution in [0.25, 0.3) is 98.5 Å². The third-order valence-electron chi connectivity index (χ3n) is 11.9. The molecule has 8 aromatic carbocycles. The van der Waals surface area contributed by atoms with Gasteiger partial charge in [0.25, 0.3) is 0 Å². The number of pyridine rings is 4. The molecule has 12 aromatic rings. The second-order valence-corrected chi connectivity index (χ2v) is 15.6. The van der Waals surface area contributed by atoms with Gasteiger partial charge < -0.3 is 4.90 Å². The Morgan fingerprint density at radius 1 is 0.262 bits per heavy atom. The minimum atomic E-state index is 0.916. The Morgan fingerprint density at radius 2 is 0.689 bits per heavy atom. The first-order valence-corrected chi connectivity index (χ1v) is 20.5. The van der Waals surface area contributed by atoms with E-state index in [0.29, 0.717) is 0 Å². The summed E-state index contributed by atoms with van der Waals surface area (Å²) in [5.74, 6) is 0. The predicted molar refractivity (Wildman–Crippen MR) is 254 cm³/mol. The van der Waals surface area contributed by atoms with Gasteiger partial charge in [-0.1, -0.05) is 121 Å². The third kappa shape index (κ3) is 6.10. The molecule has 12 rings (SSSR count). The topological polar surface area (TPSA) is 54.8 Å². The molecule has 0 saturated carbocycles. The van der Waals surface area contributed by atoms with Crippen LogP contribution in [0.1, 0.15) is 0 Å². The van der Waals surface area contributed by atoms with Gasteiger partial charge in [0.1, 0.15) is 0 Å². The van der Waals surface area contributed by atoms with E-state index in [0.717, 1.165) is 82.9 Å². The predicted octanol–water partition coefficient (Wildman–Crippen LogP) is 14.7. The van der Waals surface area contributed by atoms with Gasteiger partial charge in [0.05, 0.1) is 22.1 Å². The van der Waals surface area contributed by atoms with E-state index in [9.17, 15) is 0 Å². The minimum Gasteiger partial charge on any atom is -0.310 e. The molecule has 0 aliphatic heterocycles. The zero-order valence-corrected chi connectivity index (χ0v) is 32.9. The van der Waals surface area contributed by atoms with Gasteiger partial charge in [-0.3, -0.25) is 19.9 Å². The highest BCUT2D eigenvalue weighted by atomic mass is 15.1. The monoisotopic (exact) mass is 777 g/mol. The molecule has 0 spiro atoms. The summed E-state index contributed by atoms with van der Waals surface area (Å²) in [5.41, 5.74) is 13.6. The molecular weight excluding hydrogens is 743 g/mol. The van der Waals surface area contributed by atoms with Crippen molar-refractivity contribution in [3.05, 3.63) is 213 Å². The molecule has 0 bridgehead atoms. The third-order valence-corrected chi connectivity index (χ3v) is 11.9. The molecular formula is C56H35N5. The average Bonchev–Trinajstić information content (AvgIpc) is 3.34. The SMILES string of the molecule is c1ccc(-c2ccc3c(ccc4cc(N(c5ccc(-c6cnc7c(ccc8cccnc87)c6)cc5)c5ccc(-c6cnc7c(ccc8cccnc87)c6)cc5)ccc43)c2)cc1. The molecule has 0 amide bonds. The van der Waals surface area contributed by atoms with Crippen LogP contribution in [0.5, 0.6) is 0 Å². The van der Waals surface area contributed by atoms with Gasteiger partial charge in [-0.25, -0.2) is 0 Å². The highest BCUT2D eigenvalue weighted by molar-refractivity contribution is 6.10. The fraction of sp³-hybridized carbons (Fsp3) is 0. The van der Waals surface area contributed by atoms with E-state index in [-0.39, 0.29) is 0 Å². The van der Waals surface area contributed by atoms with Crippen LogP contribution in [0, 0.1) is 0 Å².